The third-order valence-electron chi connectivity index (χ3n) is 4.89. The van der Waals surface area contributed by atoms with Gasteiger partial charge < -0.3 is 4.90 Å². The first kappa shape index (κ1) is 21.7. The fraction of sp³-hybridized carbons (Fsp3) is 0.400. The van der Waals surface area contributed by atoms with Gasteiger partial charge in [0.15, 0.2) is 0 Å². The fourth-order valence-electron chi connectivity index (χ4n) is 3.10. The Morgan fingerprint density at radius 1 is 0.750 bits per heavy atom. The highest BCUT2D eigenvalue weighted by atomic mass is 15.2. The van der Waals surface area contributed by atoms with Gasteiger partial charge in [-0.25, -0.2) is 0 Å². The van der Waals surface area contributed by atoms with E-state index < -0.39 is 0 Å². The number of benzene rings is 2. The molecule has 150 valence electrons. The van der Waals surface area contributed by atoms with E-state index in [1.54, 1.807) is 0 Å². The maximum absolute atomic E-state index is 4.20. The van der Waals surface area contributed by atoms with Gasteiger partial charge in [0.05, 0.1) is 6.20 Å². The minimum absolute atomic E-state index is 1.14. The molecule has 0 aliphatic carbocycles. The van der Waals surface area contributed by atoms with Crippen LogP contribution in [0.5, 0.6) is 0 Å². The lowest BCUT2D eigenvalue weighted by molar-refractivity contribution is 0.624. The number of nitrogens with zero attached hydrogens (tertiary/aromatic N) is 3. The van der Waals surface area contributed by atoms with Crippen molar-refractivity contribution in [1.29, 1.82) is 0 Å². The van der Waals surface area contributed by atoms with Crippen LogP contribution in [-0.4, -0.2) is 16.8 Å². The number of aryl methyl sites for hydroxylation is 1. The Balaban J connectivity index is 0.000000300. The molecule has 0 spiro atoms. The monoisotopic (exact) mass is 377 g/mol. The third kappa shape index (κ3) is 6.88. The molecule has 0 fully saturated rings. The van der Waals surface area contributed by atoms with Gasteiger partial charge in [0, 0.05) is 37.2 Å². The number of hydrogen-bond acceptors (Lipinski definition) is 2. The molecule has 3 rings (SSSR count). The van der Waals surface area contributed by atoms with Gasteiger partial charge in [0.1, 0.15) is 0 Å². The molecule has 2 aromatic carbocycles. The highest BCUT2D eigenvalue weighted by molar-refractivity contribution is 5.68. The summed E-state index contributed by atoms with van der Waals surface area (Å²) >= 11 is 0. The van der Waals surface area contributed by atoms with Gasteiger partial charge in [-0.05, 0) is 29.8 Å². The van der Waals surface area contributed by atoms with Crippen molar-refractivity contribution in [3.8, 4) is 11.1 Å². The molecule has 1 aromatic heterocycles. The van der Waals surface area contributed by atoms with Crippen LogP contribution < -0.4 is 4.90 Å². The van der Waals surface area contributed by atoms with E-state index in [1.165, 1.54) is 55.5 Å². The number of rotatable bonds is 8. The molecule has 0 aliphatic heterocycles. The summed E-state index contributed by atoms with van der Waals surface area (Å²) in [5.74, 6) is 0. The average molecular weight is 378 g/mol. The van der Waals surface area contributed by atoms with E-state index in [1.807, 2.05) is 30.2 Å². The van der Waals surface area contributed by atoms with Crippen molar-refractivity contribution in [2.24, 2.45) is 7.05 Å². The lowest BCUT2D eigenvalue weighted by Crippen LogP contribution is -2.08. The van der Waals surface area contributed by atoms with Crippen LogP contribution in [0.15, 0.2) is 67.0 Å². The SMILES string of the molecule is CCCCCCCC.CN(c1ccccc1)c1ccc(-c2cnn(C)c2)cc1. The van der Waals surface area contributed by atoms with Crippen molar-refractivity contribution in [1.82, 2.24) is 9.78 Å². The van der Waals surface area contributed by atoms with Gasteiger partial charge in [-0.15, -0.1) is 0 Å². The number of hydrogen-bond donors (Lipinski definition) is 0. The first-order valence-electron chi connectivity index (χ1n) is 10.5. The summed E-state index contributed by atoms with van der Waals surface area (Å²) in [6.45, 7) is 4.51. The summed E-state index contributed by atoms with van der Waals surface area (Å²) in [5.41, 5.74) is 4.68. The summed E-state index contributed by atoms with van der Waals surface area (Å²) in [6.07, 6.45) is 12.4. The first-order chi connectivity index (χ1) is 13.7. The van der Waals surface area contributed by atoms with E-state index in [0.29, 0.717) is 0 Å². The van der Waals surface area contributed by atoms with E-state index in [-0.39, 0.29) is 0 Å². The van der Waals surface area contributed by atoms with Crippen LogP contribution in [0.25, 0.3) is 11.1 Å². The molecule has 0 radical (unpaired) electrons. The summed E-state index contributed by atoms with van der Waals surface area (Å²) < 4.78 is 1.82. The van der Waals surface area contributed by atoms with Gasteiger partial charge in [-0.1, -0.05) is 82.7 Å². The van der Waals surface area contributed by atoms with Crippen LogP contribution >= 0.6 is 0 Å². The molecule has 0 amide bonds. The molecule has 0 bridgehead atoms. The van der Waals surface area contributed by atoms with Crippen molar-refractivity contribution in [3.63, 3.8) is 0 Å². The number of anilines is 2. The smallest absolute Gasteiger partial charge is 0.0568 e. The van der Waals surface area contributed by atoms with Crippen LogP contribution in [-0.2, 0) is 7.05 Å². The molecule has 1 heterocycles. The van der Waals surface area contributed by atoms with Crippen molar-refractivity contribution in [2.75, 3.05) is 11.9 Å². The zero-order valence-corrected chi connectivity index (χ0v) is 17.9. The third-order valence-corrected chi connectivity index (χ3v) is 4.89. The van der Waals surface area contributed by atoms with E-state index in [0.717, 1.165) is 5.56 Å². The molecular weight excluding hydrogens is 342 g/mol. The number of unbranched alkanes of at least 4 members (excludes halogenated alkanes) is 5. The molecule has 3 nitrogen and oxygen atoms in total. The molecular formula is C25H35N3. The summed E-state index contributed by atoms with van der Waals surface area (Å²) in [5, 5.41) is 4.20. The van der Waals surface area contributed by atoms with Crippen LogP contribution in [0.4, 0.5) is 11.4 Å². The molecule has 28 heavy (non-hydrogen) atoms. The Kier molecular flexibility index (Phi) is 9.33. The van der Waals surface area contributed by atoms with Gasteiger partial charge in [-0.2, -0.15) is 5.10 Å². The van der Waals surface area contributed by atoms with Crippen molar-refractivity contribution < 1.29 is 0 Å². The van der Waals surface area contributed by atoms with E-state index >= 15 is 0 Å². The molecule has 0 saturated heterocycles. The van der Waals surface area contributed by atoms with Gasteiger partial charge >= 0.3 is 0 Å². The lowest BCUT2D eigenvalue weighted by Gasteiger charge is -2.19. The molecule has 0 N–H and O–H groups in total. The van der Waals surface area contributed by atoms with Crippen LogP contribution in [0.1, 0.15) is 52.4 Å². The first-order valence-corrected chi connectivity index (χ1v) is 10.5. The minimum atomic E-state index is 1.14. The maximum Gasteiger partial charge on any atom is 0.0568 e. The normalized spacial score (nSPS) is 10.3. The van der Waals surface area contributed by atoms with Gasteiger partial charge in [-0.3, -0.25) is 4.68 Å². The predicted molar refractivity (Wildman–Crippen MR) is 122 cm³/mol. The fourth-order valence-corrected chi connectivity index (χ4v) is 3.10. The van der Waals surface area contributed by atoms with Crippen LogP contribution in [0.3, 0.4) is 0 Å². The predicted octanol–water partition coefficient (Wildman–Crippen LogP) is 7.22. The Labute approximate surface area is 171 Å². The van der Waals surface area contributed by atoms with E-state index in [9.17, 15) is 0 Å². The van der Waals surface area contributed by atoms with E-state index in [2.05, 4.69) is 79.4 Å². The highest BCUT2D eigenvalue weighted by Gasteiger charge is 2.05. The lowest BCUT2D eigenvalue weighted by atomic mass is 10.1. The van der Waals surface area contributed by atoms with E-state index in [4.69, 9.17) is 0 Å². The Morgan fingerprint density at radius 3 is 1.82 bits per heavy atom. The summed E-state index contributed by atoms with van der Waals surface area (Å²) in [6, 6.07) is 18.9. The van der Waals surface area contributed by atoms with Crippen molar-refractivity contribution >= 4 is 11.4 Å². The quantitative estimate of drug-likeness (QED) is 0.386. The number of aromatic nitrogens is 2. The molecule has 3 aromatic rings. The largest absolute Gasteiger partial charge is 0.345 e. The number of para-hydroxylation sites is 1. The Hall–Kier alpha value is -2.55. The van der Waals surface area contributed by atoms with Gasteiger partial charge in [0.2, 0.25) is 0 Å². The second-order valence-electron chi connectivity index (χ2n) is 7.26. The second kappa shape index (κ2) is 12.0. The average Bonchev–Trinajstić information content (AvgIpc) is 3.18. The van der Waals surface area contributed by atoms with Crippen LogP contribution in [0.2, 0.25) is 0 Å². The molecule has 0 unspecified atom stereocenters. The zero-order chi connectivity index (χ0) is 20.2. The topological polar surface area (TPSA) is 21.1 Å². The minimum Gasteiger partial charge on any atom is -0.345 e. The summed E-state index contributed by atoms with van der Waals surface area (Å²) in [4.78, 5) is 2.17. The molecule has 0 atom stereocenters. The molecule has 0 saturated carbocycles. The standard InChI is InChI=1S/C17H17N3.C8H18/c1-19-13-15(12-18-19)14-8-10-17(11-9-14)20(2)16-6-4-3-5-7-16;1-3-5-7-8-6-4-2/h3-13H,1-2H3;3-8H2,1-2H3. The maximum atomic E-state index is 4.20. The molecule has 0 aliphatic rings. The summed E-state index contributed by atoms with van der Waals surface area (Å²) in [7, 11) is 4.01. The van der Waals surface area contributed by atoms with Gasteiger partial charge in [0.25, 0.3) is 0 Å². The van der Waals surface area contributed by atoms with Crippen molar-refractivity contribution in [2.45, 2.75) is 52.4 Å². The Morgan fingerprint density at radius 2 is 1.32 bits per heavy atom. The zero-order valence-electron chi connectivity index (χ0n) is 17.9. The van der Waals surface area contributed by atoms with Crippen LogP contribution in [0, 0.1) is 0 Å². The van der Waals surface area contributed by atoms with Crippen molar-refractivity contribution in [3.05, 3.63) is 67.0 Å². The molecule has 3 heteroatoms. The Bertz CT molecular complexity index is 769. The highest BCUT2D eigenvalue weighted by Crippen LogP contribution is 2.26. The second-order valence-corrected chi connectivity index (χ2v) is 7.26.